The van der Waals surface area contributed by atoms with Gasteiger partial charge in [-0.05, 0) is 76.7 Å². The molecule has 1 fully saturated rings. The first-order valence-corrected chi connectivity index (χ1v) is 15.0. The predicted octanol–water partition coefficient (Wildman–Crippen LogP) is 7.95. The van der Waals surface area contributed by atoms with E-state index in [-0.39, 0.29) is 17.3 Å². The molecule has 0 aliphatic heterocycles. The van der Waals surface area contributed by atoms with Gasteiger partial charge in [0, 0.05) is 23.1 Å². The zero-order chi connectivity index (χ0) is 26.6. The minimum Gasteiger partial charge on any atom is -0.358 e. The molecule has 36 heavy (non-hydrogen) atoms. The van der Waals surface area contributed by atoms with Crippen LogP contribution in [0, 0.1) is 18.3 Å². The predicted molar refractivity (Wildman–Crippen MR) is 152 cm³/mol. The highest BCUT2D eigenvalue weighted by molar-refractivity contribution is 7.89. The van der Waals surface area contributed by atoms with E-state index in [2.05, 4.69) is 108 Å². The summed E-state index contributed by atoms with van der Waals surface area (Å²) >= 11 is 0. The summed E-state index contributed by atoms with van der Waals surface area (Å²) in [4.78, 5) is 4.04. The molecular formula is C31H44N2O2S. The van der Waals surface area contributed by atoms with Gasteiger partial charge < -0.3 is 4.98 Å². The molecular weight excluding hydrogens is 464 g/mol. The molecule has 5 heteroatoms. The Labute approximate surface area is 218 Å². The summed E-state index contributed by atoms with van der Waals surface area (Å²) in [5.74, 6) is 1.48. The average Bonchev–Trinajstić information content (AvgIpc) is 3.15. The minimum atomic E-state index is -3.63. The Morgan fingerprint density at radius 2 is 1.53 bits per heavy atom. The second-order valence-corrected chi connectivity index (χ2v) is 14.0. The van der Waals surface area contributed by atoms with E-state index in [0.29, 0.717) is 29.2 Å². The first-order valence-electron chi connectivity index (χ1n) is 13.5. The molecule has 3 aromatic rings. The number of aromatic nitrogens is 1. The van der Waals surface area contributed by atoms with Crippen LogP contribution in [-0.2, 0) is 10.0 Å². The van der Waals surface area contributed by atoms with Crippen LogP contribution in [-0.4, -0.2) is 19.9 Å². The van der Waals surface area contributed by atoms with Crippen molar-refractivity contribution in [3.63, 3.8) is 0 Å². The van der Waals surface area contributed by atoms with Crippen molar-refractivity contribution < 1.29 is 8.42 Å². The van der Waals surface area contributed by atoms with Gasteiger partial charge in [-0.15, -0.1) is 0 Å². The van der Waals surface area contributed by atoms with Crippen LogP contribution in [0.5, 0.6) is 0 Å². The van der Waals surface area contributed by atoms with Crippen molar-refractivity contribution in [3.8, 4) is 0 Å². The number of aromatic amines is 1. The van der Waals surface area contributed by atoms with Crippen molar-refractivity contribution >= 4 is 20.9 Å². The van der Waals surface area contributed by atoms with Crippen molar-refractivity contribution in [1.29, 1.82) is 0 Å². The molecule has 0 bridgehead atoms. The van der Waals surface area contributed by atoms with E-state index < -0.39 is 10.0 Å². The van der Waals surface area contributed by atoms with Gasteiger partial charge in [0.2, 0.25) is 10.0 Å². The number of hydrogen-bond donors (Lipinski definition) is 2. The summed E-state index contributed by atoms with van der Waals surface area (Å²) in [7, 11) is -3.63. The van der Waals surface area contributed by atoms with Gasteiger partial charge in [-0.2, -0.15) is 0 Å². The van der Waals surface area contributed by atoms with Crippen LogP contribution in [0.25, 0.3) is 10.9 Å². The molecule has 1 saturated carbocycles. The minimum absolute atomic E-state index is 0.129. The van der Waals surface area contributed by atoms with E-state index in [9.17, 15) is 8.42 Å². The van der Waals surface area contributed by atoms with Crippen molar-refractivity contribution in [2.75, 3.05) is 6.54 Å². The van der Waals surface area contributed by atoms with Crippen LogP contribution >= 0.6 is 0 Å². The van der Waals surface area contributed by atoms with Gasteiger partial charge in [0.25, 0.3) is 0 Å². The summed E-state index contributed by atoms with van der Waals surface area (Å²) in [6, 6.07) is 12.7. The molecule has 4 rings (SSSR count). The number of para-hydroxylation sites is 1. The molecule has 2 aromatic carbocycles. The molecule has 4 nitrogen and oxygen atoms in total. The molecule has 1 aliphatic rings. The summed E-state index contributed by atoms with van der Waals surface area (Å²) in [5, 5.41) is 1.30. The third kappa shape index (κ3) is 4.77. The fraction of sp³-hybridized carbons (Fsp3) is 0.548. The number of fused-ring (bicyclic) bond motifs is 1. The molecule has 0 amide bonds. The molecule has 1 heterocycles. The van der Waals surface area contributed by atoms with Crippen molar-refractivity contribution in [2.24, 2.45) is 11.3 Å². The molecule has 0 radical (unpaired) electrons. The monoisotopic (exact) mass is 508 g/mol. The standard InChI is InChI=1S/C31H44N2O2S/c1-18(2)22-16-24(19(3)4)30(25(17-22)20(5)6)36(34,35)32-15-14-26-29(31(26,8)9)28-21(7)33-27-13-11-10-12-23(27)28/h10-13,16-20,26,29,32-33H,14-15H2,1-9H3/t26-,29+/m1/s1. The Kier molecular flexibility index (Phi) is 7.22. The number of hydrogen-bond acceptors (Lipinski definition) is 2. The van der Waals surface area contributed by atoms with E-state index in [1.807, 2.05) is 0 Å². The molecule has 0 spiro atoms. The Morgan fingerprint density at radius 3 is 2.08 bits per heavy atom. The number of rotatable bonds is 9. The summed E-state index contributed by atoms with van der Waals surface area (Å²) in [6.45, 7) is 19.9. The van der Waals surface area contributed by atoms with Crippen LogP contribution < -0.4 is 4.72 Å². The smallest absolute Gasteiger partial charge is 0.241 e. The number of sulfonamides is 1. The fourth-order valence-corrected chi connectivity index (χ4v) is 7.92. The zero-order valence-electron chi connectivity index (χ0n) is 23.5. The van der Waals surface area contributed by atoms with Crippen LogP contribution in [0.4, 0.5) is 0 Å². The first kappa shape index (κ1) is 26.9. The van der Waals surface area contributed by atoms with Gasteiger partial charge in [-0.3, -0.25) is 0 Å². The van der Waals surface area contributed by atoms with Gasteiger partial charge in [-0.25, -0.2) is 13.1 Å². The Morgan fingerprint density at radius 1 is 0.944 bits per heavy atom. The van der Waals surface area contributed by atoms with Crippen molar-refractivity contribution in [3.05, 3.63) is 64.3 Å². The molecule has 2 atom stereocenters. The van der Waals surface area contributed by atoms with E-state index in [1.165, 1.54) is 27.7 Å². The maximum Gasteiger partial charge on any atom is 0.241 e. The number of nitrogens with one attached hydrogen (secondary N) is 2. The zero-order valence-corrected chi connectivity index (χ0v) is 24.3. The van der Waals surface area contributed by atoms with E-state index in [4.69, 9.17) is 0 Å². The molecule has 0 unspecified atom stereocenters. The lowest BCUT2D eigenvalue weighted by Crippen LogP contribution is -2.28. The Balaban J connectivity index is 1.58. The molecule has 1 aliphatic carbocycles. The average molecular weight is 509 g/mol. The van der Waals surface area contributed by atoms with Gasteiger partial charge in [0.1, 0.15) is 0 Å². The topological polar surface area (TPSA) is 62.0 Å². The number of aryl methyl sites for hydroxylation is 1. The van der Waals surface area contributed by atoms with Crippen LogP contribution in [0.3, 0.4) is 0 Å². The third-order valence-corrected chi connectivity index (χ3v) is 9.99. The van der Waals surface area contributed by atoms with Crippen molar-refractivity contribution in [1.82, 2.24) is 9.71 Å². The summed E-state index contributed by atoms with van der Waals surface area (Å²) < 4.78 is 30.5. The van der Waals surface area contributed by atoms with Crippen LogP contribution in [0.1, 0.15) is 113 Å². The maximum absolute atomic E-state index is 13.8. The highest BCUT2D eigenvalue weighted by atomic mass is 32.2. The Hall–Kier alpha value is -2.11. The SMILES string of the molecule is Cc1[nH]c2ccccc2c1[C@@H]1[C@@H](CCNS(=O)(=O)c2c(C(C)C)cc(C(C)C)cc2C(C)C)C1(C)C. The van der Waals surface area contributed by atoms with Crippen LogP contribution in [0.15, 0.2) is 41.3 Å². The van der Waals surface area contributed by atoms with Gasteiger partial charge in [-0.1, -0.05) is 85.7 Å². The molecule has 1 aromatic heterocycles. The summed E-state index contributed by atoms with van der Waals surface area (Å²) in [6.07, 6.45) is 0.827. The second kappa shape index (κ2) is 9.64. The fourth-order valence-electron chi connectivity index (χ4n) is 6.18. The maximum atomic E-state index is 13.8. The quantitative estimate of drug-likeness (QED) is 0.308. The van der Waals surface area contributed by atoms with Crippen LogP contribution in [0.2, 0.25) is 0 Å². The molecule has 2 N–H and O–H groups in total. The van der Waals surface area contributed by atoms with Gasteiger partial charge in [0.15, 0.2) is 0 Å². The lowest BCUT2D eigenvalue weighted by Gasteiger charge is -2.23. The van der Waals surface area contributed by atoms with E-state index in [1.54, 1.807) is 0 Å². The number of H-pyrrole nitrogens is 1. The summed E-state index contributed by atoms with van der Waals surface area (Å²) in [5.41, 5.74) is 7.01. The van der Waals surface area contributed by atoms with Gasteiger partial charge in [0.05, 0.1) is 4.90 Å². The highest BCUT2D eigenvalue weighted by Crippen LogP contribution is 2.67. The van der Waals surface area contributed by atoms with Gasteiger partial charge >= 0.3 is 0 Å². The lowest BCUT2D eigenvalue weighted by molar-refractivity contribution is 0.521. The first-order chi connectivity index (χ1) is 16.8. The van der Waals surface area contributed by atoms with E-state index in [0.717, 1.165) is 17.5 Å². The van der Waals surface area contributed by atoms with E-state index >= 15 is 0 Å². The highest BCUT2D eigenvalue weighted by Gasteiger charge is 2.58. The normalized spacial score (nSPS) is 19.7. The second-order valence-electron chi connectivity index (χ2n) is 12.3. The lowest BCUT2D eigenvalue weighted by atomic mass is 9.89. The number of benzene rings is 2. The molecule has 0 saturated heterocycles. The Bertz CT molecular complexity index is 1330. The largest absolute Gasteiger partial charge is 0.358 e. The molecule has 196 valence electrons. The van der Waals surface area contributed by atoms with Crippen molar-refractivity contribution in [2.45, 2.75) is 97.3 Å². The third-order valence-electron chi connectivity index (χ3n) is 8.40.